The summed E-state index contributed by atoms with van der Waals surface area (Å²) < 4.78 is 5.14. The van der Waals surface area contributed by atoms with Crippen LogP contribution in [0.3, 0.4) is 0 Å². The first kappa shape index (κ1) is 11.0. The van der Waals surface area contributed by atoms with E-state index in [2.05, 4.69) is 6.92 Å². The summed E-state index contributed by atoms with van der Waals surface area (Å²) >= 11 is 0. The minimum Gasteiger partial charge on any atom is -0.381 e. The van der Waals surface area contributed by atoms with Crippen molar-refractivity contribution in [3.63, 3.8) is 0 Å². The largest absolute Gasteiger partial charge is 0.381 e. The van der Waals surface area contributed by atoms with Crippen molar-refractivity contribution in [3.8, 4) is 0 Å². The lowest BCUT2D eigenvalue weighted by Crippen LogP contribution is -2.27. The van der Waals surface area contributed by atoms with Crippen molar-refractivity contribution < 1.29 is 4.74 Å². The van der Waals surface area contributed by atoms with E-state index in [0.717, 1.165) is 19.1 Å². The van der Waals surface area contributed by atoms with Gasteiger partial charge in [-0.25, -0.2) is 0 Å². The average Bonchev–Trinajstić information content (AvgIpc) is 2.07. The van der Waals surface area contributed by atoms with Gasteiger partial charge in [-0.05, 0) is 6.42 Å². The maximum absolute atomic E-state index is 5.14. The van der Waals surface area contributed by atoms with E-state index in [1.165, 1.54) is 51.4 Å². The van der Waals surface area contributed by atoms with E-state index in [0.29, 0.717) is 0 Å². The van der Waals surface area contributed by atoms with E-state index >= 15 is 0 Å². The van der Waals surface area contributed by atoms with Crippen LogP contribution in [-0.4, -0.2) is 13.2 Å². The fourth-order valence-corrected chi connectivity index (χ4v) is 1.84. The molecule has 0 atom stereocenters. The van der Waals surface area contributed by atoms with Gasteiger partial charge in [-0.2, -0.15) is 0 Å². The summed E-state index contributed by atoms with van der Waals surface area (Å²) in [6, 6.07) is 0. The van der Waals surface area contributed by atoms with Gasteiger partial charge in [0, 0.05) is 5.92 Å². The molecule has 0 aliphatic carbocycles. The van der Waals surface area contributed by atoms with Crippen LogP contribution in [0.5, 0.6) is 0 Å². The Morgan fingerprint density at radius 2 is 1.54 bits per heavy atom. The second-order valence-electron chi connectivity index (χ2n) is 4.31. The van der Waals surface area contributed by atoms with Gasteiger partial charge in [0.25, 0.3) is 0 Å². The third-order valence-electron chi connectivity index (χ3n) is 2.92. The second-order valence-corrected chi connectivity index (χ2v) is 4.31. The van der Waals surface area contributed by atoms with Crippen molar-refractivity contribution in [2.75, 3.05) is 13.2 Å². The predicted octanol–water partition coefficient (Wildman–Crippen LogP) is 3.77. The average molecular weight is 184 g/mol. The summed E-state index contributed by atoms with van der Waals surface area (Å²) in [5.41, 5.74) is 0. The predicted molar refractivity (Wildman–Crippen MR) is 56.9 cm³/mol. The van der Waals surface area contributed by atoms with Crippen LogP contribution in [0.25, 0.3) is 0 Å². The molecule has 78 valence electrons. The summed E-state index contributed by atoms with van der Waals surface area (Å²) in [7, 11) is 0. The third-order valence-corrected chi connectivity index (χ3v) is 2.92. The van der Waals surface area contributed by atoms with Gasteiger partial charge in [0.2, 0.25) is 0 Å². The monoisotopic (exact) mass is 184 g/mol. The van der Waals surface area contributed by atoms with E-state index in [1.807, 2.05) is 0 Å². The maximum Gasteiger partial charge on any atom is 0.0516 e. The van der Waals surface area contributed by atoms with E-state index in [1.54, 1.807) is 0 Å². The van der Waals surface area contributed by atoms with Crippen LogP contribution in [-0.2, 0) is 4.74 Å². The van der Waals surface area contributed by atoms with E-state index in [-0.39, 0.29) is 0 Å². The Balaban J connectivity index is 1.68. The Labute approximate surface area is 82.9 Å². The third kappa shape index (κ3) is 5.30. The zero-order valence-corrected chi connectivity index (χ0v) is 9.06. The lowest BCUT2D eigenvalue weighted by Gasteiger charge is -2.25. The molecule has 0 radical (unpaired) electrons. The molecule has 13 heavy (non-hydrogen) atoms. The maximum atomic E-state index is 5.14. The highest BCUT2D eigenvalue weighted by atomic mass is 16.5. The summed E-state index contributed by atoms with van der Waals surface area (Å²) in [4.78, 5) is 0. The minimum atomic E-state index is 0.913. The molecule has 1 aliphatic rings. The quantitative estimate of drug-likeness (QED) is 0.522. The Morgan fingerprint density at radius 1 is 0.923 bits per heavy atom. The van der Waals surface area contributed by atoms with Crippen LogP contribution in [0.2, 0.25) is 0 Å². The Bertz CT molecular complexity index is 108. The van der Waals surface area contributed by atoms with Gasteiger partial charge in [-0.3, -0.25) is 0 Å². The second kappa shape index (κ2) is 7.37. The Kier molecular flexibility index (Phi) is 6.26. The molecule has 1 nitrogen and oxygen atoms in total. The number of rotatable bonds is 8. The molecule has 0 unspecified atom stereocenters. The van der Waals surface area contributed by atoms with Gasteiger partial charge in [0.1, 0.15) is 0 Å². The zero-order chi connectivity index (χ0) is 9.36. The molecule has 0 aromatic rings. The lowest BCUT2D eigenvalue weighted by atomic mass is 9.99. The standard InChI is InChI=1S/C12H24O/c1-2-3-4-5-6-7-8-9-12-10-13-11-12/h12H,2-11H2,1H3. The number of ether oxygens (including phenoxy) is 1. The highest BCUT2D eigenvalue weighted by molar-refractivity contribution is 4.64. The molecule has 0 aromatic heterocycles. The molecule has 1 aliphatic heterocycles. The van der Waals surface area contributed by atoms with Crippen molar-refractivity contribution in [1.82, 2.24) is 0 Å². The van der Waals surface area contributed by atoms with Crippen LogP contribution in [0.1, 0.15) is 58.3 Å². The fourth-order valence-electron chi connectivity index (χ4n) is 1.84. The molecular weight excluding hydrogens is 160 g/mol. The summed E-state index contributed by atoms with van der Waals surface area (Å²) in [6.45, 7) is 4.35. The summed E-state index contributed by atoms with van der Waals surface area (Å²) in [5, 5.41) is 0. The van der Waals surface area contributed by atoms with Gasteiger partial charge >= 0.3 is 0 Å². The molecule has 0 N–H and O–H groups in total. The van der Waals surface area contributed by atoms with Crippen LogP contribution in [0.15, 0.2) is 0 Å². The lowest BCUT2D eigenvalue weighted by molar-refractivity contribution is -0.0364. The summed E-state index contributed by atoms with van der Waals surface area (Å²) in [5.74, 6) is 0.913. The minimum absolute atomic E-state index is 0.913. The van der Waals surface area contributed by atoms with Crippen LogP contribution in [0, 0.1) is 5.92 Å². The molecule has 0 aromatic carbocycles. The van der Waals surface area contributed by atoms with E-state index in [4.69, 9.17) is 4.74 Å². The Morgan fingerprint density at radius 3 is 2.08 bits per heavy atom. The van der Waals surface area contributed by atoms with Gasteiger partial charge in [0.05, 0.1) is 13.2 Å². The SMILES string of the molecule is CCCCCCCCCC1COC1. The fraction of sp³-hybridized carbons (Fsp3) is 1.00. The Hall–Kier alpha value is -0.0400. The van der Waals surface area contributed by atoms with Crippen LogP contribution in [0.4, 0.5) is 0 Å². The van der Waals surface area contributed by atoms with Gasteiger partial charge < -0.3 is 4.74 Å². The molecule has 0 saturated carbocycles. The first-order valence-corrected chi connectivity index (χ1v) is 6.01. The first-order valence-electron chi connectivity index (χ1n) is 6.01. The van der Waals surface area contributed by atoms with Crippen LogP contribution < -0.4 is 0 Å². The molecular formula is C12H24O. The van der Waals surface area contributed by atoms with Crippen molar-refractivity contribution in [2.45, 2.75) is 58.3 Å². The zero-order valence-electron chi connectivity index (χ0n) is 9.06. The highest BCUT2D eigenvalue weighted by Crippen LogP contribution is 2.18. The number of hydrogen-bond donors (Lipinski definition) is 0. The molecule has 0 bridgehead atoms. The molecule has 1 fully saturated rings. The topological polar surface area (TPSA) is 9.23 Å². The van der Waals surface area contributed by atoms with Gasteiger partial charge in [-0.1, -0.05) is 51.9 Å². The van der Waals surface area contributed by atoms with E-state index in [9.17, 15) is 0 Å². The van der Waals surface area contributed by atoms with Crippen molar-refractivity contribution in [3.05, 3.63) is 0 Å². The van der Waals surface area contributed by atoms with Crippen molar-refractivity contribution in [2.24, 2.45) is 5.92 Å². The van der Waals surface area contributed by atoms with Crippen molar-refractivity contribution in [1.29, 1.82) is 0 Å². The van der Waals surface area contributed by atoms with E-state index < -0.39 is 0 Å². The first-order chi connectivity index (χ1) is 6.43. The smallest absolute Gasteiger partial charge is 0.0516 e. The normalized spacial score (nSPS) is 17.3. The molecule has 1 rings (SSSR count). The molecule has 1 heteroatoms. The molecule has 0 spiro atoms. The van der Waals surface area contributed by atoms with Gasteiger partial charge in [0.15, 0.2) is 0 Å². The molecule has 1 heterocycles. The van der Waals surface area contributed by atoms with Gasteiger partial charge in [-0.15, -0.1) is 0 Å². The number of hydrogen-bond acceptors (Lipinski definition) is 1. The van der Waals surface area contributed by atoms with Crippen LogP contribution >= 0.6 is 0 Å². The van der Waals surface area contributed by atoms with Crippen molar-refractivity contribution >= 4 is 0 Å². The molecule has 0 amide bonds. The number of unbranched alkanes of at least 4 members (excludes halogenated alkanes) is 6. The molecule has 1 saturated heterocycles. The summed E-state index contributed by atoms with van der Waals surface area (Å²) in [6.07, 6.45) is 11.4. The highest BCUT2D eigenvalue weighted by Gasteiger charge is 2.16.